The van der Waals surface area contributed by atoms with E-state index >= 15 is 0 Å². The minimum Gasteiger partial charge on any atom is -0.360 e. The molecule has 6 nitrogen and oxygen atoms in total. The number of amides is 1. The van der Waals surface area contributed by atoms with Gasteiger partial charge in [-0.3, -0.25) is 9.48 Å². The van der Waals surface area contributed by atoms with Gasteiger partial charge in [-0.25, -0.2) is 0 Å². The lowest BCUT2D eigenvalue weighted by atomic mass is 10.1. The predicted octanol–water partition coefficient (Wildman–Crippen LogP) is 2.12. The Morgan fingerprint density at radius 3 is 3.05 bits per heavy atom. The number of rotatable bonds is 6. The lowest BCUT2D eigenvalue weighted by Gasteiger charge is -2.12. The van der Waals surface area contributed by atoms with E-state index in [0.29, 0.717) is 29.6 Å². The maximum atomic E-state index is 12.4. The van der Waals surface area contributed by atoms with E-state index < -0.39 is 0 Å². The Labute approximate surface area is 123 Å². The van der Waals surface area contributed by atoms with Gasteiger partial charge in [0.15, 0.2) is 5.76 Å². The summed E-state index contributed by atoms with van der Waals surface area (Å²) in [7, 11) is 0. The average molecular weight is 288 g/mol. The second kappa shape index (κ2) is 5.71. The van der Waals surface area contributed by atoms with Crippen LogP contribution in [-0.4, -0.2) is 27.4 Å². The fraction of sp³-hybridized carbons (Fsp3) is 0.533. The summed E-state index contributed by atoms with van der Waals surface area (Å²) in [6, 6.07) is 1.90. The summed E-state index contributed by atoms with van der Waals surface area (Å²) in [5.41, 5.74) is 1.30. The summed E-state index contributed by atoms with van der Waals surface area (Å²) >= 11 is 0. The molecule has 1 saturated carbocycles. The van der Waals surface area contributed by atoms with E-state index in [0.717, 1.165) is 25.1 Å². The van der Waals surface area contributed by atoms with E-state index in [1.165, 1.54) is 0 Å². The van der Waals surface area contributed by atoms with E-state index in [1.807, 2.05) is 23.9 Å². The highest BCUT2D eigenvalue weighted by atomic mass is 16.5. The molecule has 1 unspecified atom stereocenters. The maximum absolute atomic E-state index is 12.4. The first kappa shape index (κ1) is 13.9. The van der Waals surface area contributed by atoms with Crippen LogP contribution in [0.3, 0.4) is 0 Å². The molecule has 3 rings (SSSR count). The van der Waals surface area contributed by atoms with Crippen LogP contribution in [0.5, 0.6) is 0 Å². The quantitative estimate of drug-likeness (QED) is 0.883. The fourth-order valence-electron chi connectivity index (χ4n) is 2.44. The van der Waals surface area contributed by atoms with Crippen molar-refractivity contribution in [2.24, 2.45) is 5.92 Å². The molecule has 2 aromatic rings. The van der Waals surface area contributed by atoms with Gasteiger partial charge < -0.3 is 9.84 Å². The van der Waals surface area contributed by atoms with Crippen LogP contribution in [0.4, 0.5) is 0 Å². The van der Waals surface area contributed by atoms with E-state index in [2.05, 4.69) is 22.5 Å². The molecular weight excluding hydrogens is 268 g/mol. The fourth-order valence-corrected chi connectivity index (χ4v) is 2.44. The summed E-state index contributed by atoms with van der Waals surface area (Å²) in [5.74, 6) is 1.36. The first-order valence-corrected chi connectivity index (χ1v) is 7.37. The van der Waals surface area contributed by atoms with Crippen molar-refractivity contribution in [2.75, 3.05) is 6.54 Å². The average Bonchev–Trinajstić information content (AvgIpc) is 3.04. The molecule has 0 bridgehead atoms. The molecule has 0 aliphatic heterocycles. The topological polar surface area (TPSA) is 73.0 Å². The zero-order valence-electron chi connectivity index (χ0n) is 12.4. The van der Waals surface area contributed by atoms with Gasteiger partial charge in [-0.15, -0.1) is 0 Å². The Hall–Kier alpha value is -2.11. The van der Waals surface area contributed by atoms with Gasteiger partial charge in [0.25, 0.3) is 5.91 Å². The Balaban J connectivity index is 1.58. The molecule has 6 heteroatoms. The second-order valence-corrected chi connectivity index (χ2v) is 5.82. The maximum Gasteiger partial charge on any atom is 0.256 e. The molecule has 0 aromatic carbocycles. The molecule has 1 aliphatic carbocycles. The van der Waals surface area contributed by atoms with Gasteiger partial charge in [0.1, 0.15) is 5.56 Å². The van der Waals surface area contributed by atoms with Crippen molar-refractivity contribution in [2.45, 2.75) is 39.2 Å². The summed E-state index contributed by atoms with van der Waals surface area (Å²) in [6.45, 7) is 5.29. The van der Waals surface area contributed by atoms with Gasteiger partial charge in [0.2, 0.25) is 0 Å². The van der Waals surface area contributed by atoms with Gasteiger partial charge in [0.05, 0.1) is 5.69 Å². The van der Waals surface area contributed by atoms with Crippen molar-refractivity contribution in [1.29, 1.82) is 0 Å². The van der Waals surface area contributed by atoms with Crippen LogP contribution in [0, 0.1) is 12.8 Å². The lowest BCUT2D eigenvalue weighted by molar-refractivity contribution is 0.0944. The van der Waals surface area contributed by atoms with Crippen molar-refractivity contribution in [3.8, 4) is 0 Å². The number of nitrogens with zero attached hydrogens (tertiary/aromatic N) is 3. The van der Waals surface area contributed by atoms with E-state index in [9.17, 15) is 4.79 Å². The molecule has 2 aromatic heterocycles. The minimum atomic E-state index is -0.0806. The number of nitrogens with one attached hydrogen (secondary N) is 1. The molecule has 1 N–H and O–H groups in total. The number of carbonyl (C=O) groups excluding carboxylic acids is 1. The van der Waals surface area contributed by atoms with Crippen molar-refractivity contribution in [3.63, 3.8) is 0 Å². The summed E-state index contributed by atoms with van der Waals surface area (Å²) in [5, 5.41) is 11.1. The second-order valence-electron chi connectivity index (χ2n) is 5.82. The first-order valence-electron chi connectivity index (χ1n) is 7.37. The molecule has 21 heavy (non-hydrogen) atoms. The van der Waals surface area contributed by atoms with Crippen LogP contribution in [0.1, 0.15) is 47.5 Å². The number of hydrogen-bond acceptors (Lipinski definition) is 4. The van der Waals surface area contributed by atoms with Crippen molar-refractivity contribution in [1.82, 2.24) is 20.3 Å². The monoisotopic (exact) mass is 288 g/mol. The number of aryl methyl sites for hydroxylation is 1. The van der Waals surface area contributed by atoms with Crippen LogP contribution >= 0.6 is 0 Å². The number of hydrogen-bond donors (Lipinski definition) is 1. The largest absolute Gasteiger partial charge is 0.360 e. The van der Waals surface area contributed by atoms with Crippen LogP contribution < -0.4 is 5.32 Å². The summed E-state index contributed by atoms with van der Waals surface area (Å²) in [6.07, 6.45) is 5.86. The highest BCUT2D eigenvalue weighted by Crippen LogP contribution is 2.42. The van der Waals surface area contributed by atoms with E-state index in [4.69, 9.17) is 4.52 Å². The SMILES string of the molecule is Cc1noc(C2CC2)c1C(=O)NCC(C)Cn1cccn1. The van der Waals surface area contributed by atoms with Crippen LogP contribution in [0.2, 0.25) is 0 Å². The molecule has 0 spiro atoms. The third kappa shape index (κ3) is 3.15. The third-order valence-corrected chi connectivity index (χ3v) is 3.73. The van der Waals surface area contributed by atoms with Gasteiger partial charge in [0, 0.05) is 31.4 Å². The molecule has 0 radical (unpaired) electrons. The Kier molecular flexibility index (Phi) is 3.77. The highest BCUT2D eigenvalue weighted by Gasteiger charge is 2.33. The summed E-state index contributed by atoms with van der Waals surface area (Å²) < 4.78 is 7.18. The molecule has 1 atom stereocenters. The Morgan fingerprint density at radius 1 is 1.57 bits per heavy atom. The van der Waals surface area contributed by atoms with Crippen molar-refractivity contribution in [3.05, 3.63) is 35.5 Å². The van der Waals surface area contributed by atoms with Crippen molar-refractivity contribution < 1.29 is 9.32 Å². The molecule has 0 saturated heterocycles. The molecule has 2 heterocycles. The van der Waals surface area contributed by atoms with E-state index in [-0.39, 0.29) is 5.91 Å². The lowest BCUT2D eigenvalue weighted by Crippen LogP contribution is -2.30. The number of carbonyl (C=O) groups is 1. The first-order chi connectivity index (χ1) is 10.1. The van der Waals surface area contributed by atoms with Gasteiger partial charge in [-0.05, 0) is 31.7 Å². The highest BCUT2D eigenvalue weighted by molar-refractivity contribution is 5.96. The zero-order chi connectivity index (χ0) is 14.8. The standard InChI is InChI=1S/C15H20N4O2/c1-10(9-19-7-3-6-17-19)8-16-15(20)13-11(2)18-21-14(13)12-4-5-12/h3,6-7,10,12H,4-5,8-9H2,1-2H3,(H,16,20). The minimum absolute atomic E-state index is 0.0806. The van der Waals surface area contributed by atoms with Gasteiger partial charge in [-0.1, -0.05) is 12.1 Å². The van der Waals surface area contributed by atoms with Gasteiger partial charge >= 0.3 is 0 Å². The summed E-state index contributed by atoms with van der Waals surface area (Å²) in [4.78, 5) is 12.4. The third-order valence-electron chi connectivity index (χ3n) is 3.73. The Bertz CT molecular complexity index is 614. The molecule has 1 fully saturated rings. The number of aromatic nitrogens is 3. The predicted molar refractivity (Wildman–Crippen MR) is 76.9 cm³/mol. The normalized spacial score (nSPS) is 15.9. The van der Waals surface area contributed by atoms with Crippen LogP contribution in [0.15, 0.2) is 23.0 Å². The Morgan fingerprint density at radius 2 is 2.38 bits per heavy atom. The van der Waals surface area contributed by atoms with Gasteiger partial charge in [-0.2, -0.15) is 5.10 Å². The van der Waals surface area contributed by atoms with Crippen molar-refractivity contribution >= 4 is 5.91 Å². The van der Waals surface area contributed by atoms with Crippen LogP contribution in [0.25, 0.3) is 0 Å². The molecular formula is C15H20N4O2. The zero-order valence-corrected chi connectivity index (χ0v) is 12.4. The van der Waals surface area contributed by atoms with E-state index in [1.54, 1.807) is 6.20 Å². The van der Waals surface area contributed by atoms with Crippen LogP contribution in [-0.2, 0) is 6.54 Å². The molecule has 1 aliphatic rings. The molecule has 112 valence electrons. The smallest absolute Gasteiger partial charge is 0.256 e. The molecule has 1 amide bonds.